The zero-order valence-electron chi connectivity index (χ0n) is 11.9. The first-order valence-corrected chi connectivity index (χ1v) is 7.48. The van der Waals surface area contributed by atoms with E-state index in [1.54, 1.807) is 9.80 Å². The minimum absolute atomic E-state index is 0.000955. The van der Waals surface area contributed by atoms with Gasteiger partial charge in [-0.05, 0) is 25.7 Å². The third-order valence-corrected chi connectivity index (χ3v) is 4.65. The van der Waals surface area contributed by atoms with Gasteiger partial charge in [0.15, 0.2) is 0 Å². The number of carbonyl (C=O) groups is 3. The van der Waals surface area contributed by atoms with Crippen LogP contribution >= 0.6 is 0 Å². The van der Waals surface area contributed by atoms with Gasteiger partial charge in [-0.2, -0.15) is 0 Å². The number of amides is 2. The molecule has 1 unspecified atom stereocenters. The van der Waals surface area contributed by atoms with Crippen molar-refractivity contribution in [2.24, 2.45) is 5.41 Å². The lowest BCUT2D eigenvalue weighted by molar-refractivity contribution is -0.156. The minimum Gasteiger partial charge on any atom is -0.480 e. The van der Waals surface area contributed by atoms with Crippen molar-refractivity contribution < 1.29 is 24.2 Å². The first-order valence-electron chi connectivity index (χ1n) is 7.48. The summed E-state index contributed by atoms with van der Waals surface area (Å²) in [6.07, 6.45) is 2.20. The van der Waals surface area contributed by atoms with E-state index in [0.717, 1.165) is 12.8 Å². The summed E-state index contributed by atoms with van der Waals surface area (Å²) in [7, 11) is 0. The second-order valence-corrected chi connectivity index (χ2v) is 6.01. The molecule has 0 aromatic carbocycles. The standard InChI is InChI=1S/C14H20N2O5/c17-11(10-2-1-9-21-10)15-5-7-16(8-6-15)12(18)14(3-4-14)13(19)20/h10H,1-9H2,(H,19,20). The van der Waals surface area contributed by atoms with Gasteiger partial charge in [0.05, 0.1) is 0 Å². The molecule has 21 heavy (non-hydrogen) atoms. The SMILES string of the molecule is O=C(C1CCCO1)N1CCN(C(=O)C2(C(=O)O)CC2)CC1. The largest absolute Gasteiger partial charge is 0.480 e. The van der Waals surface area contributed by atoms with Crippen LogP contribution in [0.5, 0.6) is 0 Å². The van der Waals surface area contributed by atoms with Gasteiger partial charge in [-0.1, -0.05) is 0 Å². The first-order chi connectivity index (χ1) is 10.0. The summed E-state index contributed by atoms with van der Waals surface area (Å²) in [6, 6.07) is 0. The molecule has 1 saturated carbocycles. The Morgan fingerprint density at radius 2 is 1.67 bits per heavy atom. The van der Waals surface area contributed by atoms with E-state index >= 15 is 0 Å². The van der Waals surface area contributed by atoms with Crippen LogP contribution in [0.2, 0.25) is 0 Å². The molecule has 0 aromatic heterocycles. The normalized spacial score (nSPS) is 27.5. The predicted molar refractivity (Wildman–Crippen MR) is 71.4 cm³/mol. The maximum absolute atomic E-state index is 12.3. The predicted octanol–water partition coefficient (Wildman–Crippen LogP) is -0.299. The van der Waals surface area contributed by atoms with Crippen molar-refractivity contribution in [2.45, 2.75) is 31.8 Å². The summed E-state index contributed by atoms with van der Waals surface area (Å²) < 4.78 is 5.39. The van der Waals surface area contributed by atoms with E-state index in [4.69, 9.17) is 9.84 Å². The molecule has 116 valence electrons. The van der Waals surface area contributed by atoms with Crippen molar-refractivity contribution in [3.8, 4) is 0 Å². The van der Waals surface area contributed by atoms with E-state index in [1.807, 2.05) is 0 Å². The molecular weight excluding hydrogens is 276 g/mol. The highest BCUT2D eigenvalue weighted by Gasteiger charge is 2.58. The molecule has 1 N–H and O–H groups in total. The fourth-order valence-electron chi connectivity index (χ4n) is 3.05. The lowest BCUT2D eigenvalue weighted by atomic mass is 10.1. The first kappa shape index (κ1) is 14.3. The van der Waals surface area contributed by atoms with Gasteiger partial charge in [0.25, 0.3) is 5.91 Å². The highest BCUT2D eigenvalue weighted by molar-refractivity contribution is 6.04. The number of carboxylic acids is 1. The molecule has 0 aromatic rings. The number of aliphatic carboxylic acids is 1. The number of hydrogen-bond donors (Lipinski definition) is 1. The Balaban J connectivity index is 1.54. The van der Waals surface area contributed by atoms with Crippen LogP contribution in [0.15, 0.2) is 0 Å². The number of carboxylic acid groups (broad SMARTS) is 1. The van der Waals surface area contributed by atoms with E-state index in [1.165, 1.54) is 0 Å². The van der Waals surface area contributed by atoms with Gasteiger partial charge < -0.3 is 19.6 Å². The molecule has 3 rings (SSSR count). The number of ether oxygens (including phenoxy) is 1. The molecule has 1 atom stereocenters. The highest BCUT2D eigenvalue weighted by Crippen LogP contribution is 2.47. The van der Waals surface area contributed by atoms with Crippen LogP contribution < -0.4 is 0 Å². The van der Waals surface area contributed by atoms with E-state index in [9.17, 15) is 14.4 Å². The number of nitrogens with zero attached hydrogens (tertiary/aromatic N) is 2. The third kappa shape index (κ3) is 2.50. The Morgan fingerprint density at radius 3 is 2.14 bits per heavy atom. The van der Waals surface area contributed by atoms with Crippen LogP contribution in [0.25, 0.3) is 0 Å². The van der Waals surface area contributed by atoms with Gasteiger partial charge in [0, 0.05) is 32.8 Å². The van der Waals surface area contributed by atoms with Crippen molar-refractivity contribution in [1.82, 2.24) is 9.80 Å². The van der Waals surface area contributed by atoms with E-state index in [0.29, 0.717) is 45.6 Å². The van der Waals surface area contributed by atoms with Gasteiger partial charge in [0.1, 0.15) is 11.5 Å². The topological polar surface area (TPSA) is 87.2 Å². The summed E-state index contributed by atoms with van der Waals surface area (Å²) in [5.74, 6) is -1.32. The number of hydrogen-bond acceptors (Lipinski definition) is 4. The molecule has 0 radical (unpaired) electrons. The Hall–Kier alpha value is -1.63. The molecule has 2 aliphatic heterocycles. The van der Waals surface area contributed by atoms with Crippen LogP contribution in [0.1, 0.15) is 25.7 Å². The molecule has 0 spiro atoms. The van der Waals surface area contributed by atoms with Gasteiger partial charge in [-0.25, -0.2) is 0 Å². The highest BCUT2D eigenvalue weighted by atomic mass is 16.5. The number of carbonyl (C=O) groups excluding carboxylic acids is 2. The molecule has 7 nitrogen and oxygen atoms in total. The Bertz CT molecular complexity index is 460. The summed E-state index contributed by atoms with van der Waals surface area (Å²) in [6.45, 7) is 2.37. The van der Waals surface area contributed by atoms with Gasteiger partial charge >= 0.3 is 5.97 Å². The van der Waals surface area contributed by atoms with Crippen LogP contribution in [-0.4, -0.2) is 71.6 Å². The summed E-state index contributed by atoms with van der Waals surface area (Å²) >= 11 is 0. The van der Waals surface area contributed by atoms with Crippen LogP contribution in [-0.2, 0) is 19.1 Å². The van der Waals surface area contributed by atoms with Crippen molar-refractivity contribution in [1.29, 1.82) is 0 Å². The lowest BCUT2D eigenvalue weighted by Crippen LogP contribution is -2.54. The Kier molecular flexibility index (Phi) is 3.61. The monoisotopic (exact) mass is 296 g/mol. The average Bonchev–Trinajstić information content (AvgIpc) is 3.14. The van der Waals surface area contributed by atoms with Crippen LogP contribution in [0.4, 0.5) is 0 Å². The molecule has 3 fully saturated rings. The minimum atomic E-state index is -1.18. The van der Waals surface area contributed by atoms with Crippen LogP contribution in [0.3, 0.4) is 0 Å². The van der Waals surface area contributed by atoms with E-state index < -0.39 is 11.4 Å². The molecule has 2 saturated heterocycles. The van der Waals surface area contributed by atoms with Gasteiger partial charge in [-0.3, -0.25) is 14.4 Å². The number of rotatable bonds is 3. The van der Waals surface area contributed by atoms with Crippen molar-refractivity contribution in [2.75, 3.05) is 32.8 Å². The zero-order chi connectivity index (χ0) is 15.0. The second-order valence-electron chi connectivity index (χ2n) is 6.01. The Morgan fingerprint density at radius 1 is 1.05 bits per heavy atom. The maximum Gasteiger partial charge on any atom is 0.319 e. The summed E-state index contributed by atoms with van der Waals surface area (Å²) in [5, 5.41) is 9.16. The molecule has 3 aliphatic rings. The number of piperazine rings is 1. The summed E-state index contributed by atoms with van der Waals surface area (Å²) in [5.41, 5.74) is -1.18. The molecule has 2 heterocycles. The summed E-state index contributed by atoms with van der Waals surface area (Å²) in [4.78, 5) is 39.0. The quantitative estimate of drug-likeness (QED) is 0.723. The van der Waals surface area contributed by atoms with Crippen molar-refractivity contribution in [3.63, 3.8) is 0 Å². The van der Waals surface area contributed by atoms with E-state index in [-0.39, 0.29) is 17.9 Å². The maximum atomic E-state index is 12.3. The smallest absolute Gasteiger partial charge is 0.319 e. The lowest BCUT2D eigenvalue weighted by Gasteiger charge is -2.36. The molecule has 2 amide bonds. The van der Waals surface area contributed by atoms with Gasteiger partial charge in [0.2, 0.25) is 5.91 Å². The Labute approximate surface area is 122 Å². The molecule has 0 bridgehead atoms. The van der Waals surface area contributed by atoms with Crippen LogP contribution in [0, 0.1) is 5.41 Å². The fourth-order valence-corrected chi connectivity index (χ4v) is 3.05. The van der Waals surface area contributed by atoms with E-state index in [2.05, 4.69) is 0 Å². The second kappa shape index (κ2) is 5.29. The average molecular weight is 296 g/mol. The van der Waals surface area contributed by atoms with Crippen molar-refractivity contribution >= 4 is 17.8 Å². The molecule has 7 heteroatoms. The van der Waals surface area contributed by atoms with Gasteiger partial charge in [-0.15, -0.1) is 0 Å². The third-order valence-electron chi connectivity index (χ3n) is 4.65. The molecular formula is C14H20N2O5. The zero-order valence-corrected chi connectivity index (χ0v) is 11.9. The van der Waals surface area contributed by atoms with Crippen molar-refractivity contribution in [3.05, 3.63) is 0 Å². The molecule has 1 aliphatic carbocycles. The fraction of sp³-hybridized carbons (Fsp3) is 0.786.